The molecule has 0 atom stereocenters. The lowest BCUT2D eigenvalue weighted by Gasteiger charge is -2.09. The molecule has 3 N–H and O–H groups in total. The third-order valence-electron chi connectivity index (χ3n) is 4.33. The lowest BCUT2D eigenvalue weighted by atomic mass is 10.1. The molecule has 0 unspecified atom stereocenters. The van der Waals surface area contributed by atoms with Crippen molar-refractivity contribution in [2.75, 3.05) is 14.1 Å². The zero-order valence-corrected chi connectivity index (χ0v) is 19.3. The minimum atomic E-state index is -4.44. The molecular weight excluding hydrogens is 477 g/mol. The molecule has 3 rings (SSSR count). The van der Waals surface area contributed by atoms with E-state index in [0.717, 1.165) is 34.8 Å². The van der Waals surface area contributed by atoms with Gasteiger partial charge in [0, 0.05) is 19.5 Å². The average Bonchev–Trinajstić information content (AvgIpc) is 3.38. The first kappa shape index (κ1) is 24.4. The number of carbonyl (C=O) groups is 2. The first-order valence-electron chi connectivity index (χ1n) is 9.38. The number of nitrogens with zero attached hydrogens (tertiary/aromatic N) is 2. The van der Waals surface area contributed by atoms with E-state index in [9.17, 15) is 27.9 Å². The van der Waals surface area contributed by atoms with E-state index in [0.29, 0.717) is 26.6 Å². The van der Waals surface area contributed by atoms with Crippen molar-refractivity contribution >= 4 is 40.2 Å². The van der Waals surface area contributed by atoms with Crippen LogP contribution in [0.1, 0.15) is 37.4 Å². The molecule has 7 nitrogen and oxygen atoms in total. The highest BCUT2D eigenvalue weighted by atomic mass is 32.1. The van der Waals surface area contributed by atoms with Gasteiger partial charge < -0.3 is 5.11 Å². The molecule has 0 fully saturated rings. The molecule has 0 bridgehead atoms. The van der Waals surface area contributed by atoms with Crippen molar-refractivity contribution in [3.63, 3.8) is 0 Å². The highest BCUT2D eigenvalue weighted by Crippen LogP contribution is 2.40. The van der Waals surface area contributed by atoms with Crippen LogP contribution >= 0.6 is 22.7 Å². The Morgan fingerprint density at radius 1 is 1.03 bits per heavy atom. The molecule has 2 aromatic heterocycles. The predicted octanol–water partition coefficient (Wildman–Crippen LogP) is 4.56. The summed E-state index contributed by atoms with van der Waals surface area (Å²) in [6, 6.07) is 7.49. The van der Waals surface area contributed by atoms with E-state index in [2.05, 4.69) is 16.0 Å². The smallest absolute Gasteiger partial charge is 0.416 e. The summed E-state index contributed by atoms with van der Waals surface area (Å²) in [5.41, 5.74) is 5.25. The molecule has 3 aromatic rings. The minimum Gasteiger partial charge on any atom is -0.506 e. The summed E-state index contributed by atoms with van der Waals surface area (Å²) in [6.07, 6.45) is -4.44. The number of aromatic hydroxyl groups is 1. The molecular formula is C21H19F3N4O3S2. The predicted molar refractivity (Wildman–Crippen MR) is 122 cm³/mol. The number of benzene rings is 1. The van der Waals surface area contributed by atoms with Crippen LogP contribution in [0.5, 0.6) is 5.75 Å². The van der Waals surface area contributed by atoms with Gasteiger partial charge in [-0.1, -0.05) is 12.1 Å². The van der Waals surface area contributed by atoms with Gasteiger partial charge >= 0.3 is 6.18 Å². The van der Waals surface area contributed by atoms with Gasteiger partial charge in [0.1, 0.15) is 5.75 Å². The molecule has 12 heteroatoms. The third-order valence-corrected chi connectivity index (χ3v) is 6.43. The van der Waals surface area contributed by atoms with E-state index in [4.69, 9.17) is 0 Å². The van der Waals surface area contributed by atoms with E-state index in [1.54, 1.807) is 26.4 Å². The second kappa shape index (κ2) is 9.73. The first-order valence-corrected chi connectivity index (χ1v) is 11.1. The van der Waals surface area contributed by atoms with Crippen molar-refractivity contribution < 1.29 is 27.9 Å². The van der Waals surface area contributed by atoms with Crippen LogP contribution in [0.25, 0.3) is 10.4 Å². The van der Waals surface area contributed by atoms with Crippen molar-refractivity contribution in [1.29, 1.82) is 0 Å². The summed E-state index contributed by atoms with van der Waals surface area (Å²) in [5.74, 6) is -1.02. The zero-order valence-electron chi connectivity index (χ0n) is 17.6. The Labute approximate surface area is 195 Å². The maximum absolute atomic E-state index is 12.8. The highest BCUT2D eigenvalue weighted by Gasteiger charge is 2.30. The number of hydrazine groups is 1. The molecule has 174 valence electrons. The van der Waals surface area contributed by atoms with Gasteiger partial charge in [-0.3, -0.25) is 15.0 Å². The Morgan fingerprint density at radius 2 is 1.64 bits per heavy atom. The van der Waals surface area contributed by atoms with E-state index in [1.807, 2.05) is 0 Å². The van der Waals surface area contributed by atoms with Gasteiger partial charge in [0.05, 0.1) is 31.5 Å². The number of halogens is 3. The minimum absolute atomic E-state index is 0.144. The molecule has 2 heterocycles. The molecule has 0 aliphatic carbocycles. The van der Waals surface area contributed by atoms with Crippen LogP contribution in [0.3, 0.4) is 0 Å². The highest BCUT2D eigenvalue weighted by molar-refractivity contribution is 7.16. The average molecular weight is 497 g/mol. The lowest BCUT2D eigenvalue weighted by molar-refractivity contribution is -0.137. The van der Waals surface area contributed by atoms with Crippen molar-refractivity contribution in [3.05, 3.63) is 62.7 Å². The van der Waals surface area contributed by atoms with E-state index in [-0.39, 0.29) is 16.5 Å². The molecule has 33 heavy (non-hydrogen) atoms. The van der Waals surface area contributed by atoms with Gasteiger partial charge in [-0.2, -0.15) is 18.3 Å². The Morgan fingerprint density at radius 3 is 2.21 bits per heavy atom. The second-order valence-corrected chi connectivity index (χ2v) is 9.00. The standard InChI is InChI=1S/C21H19F3N4O3S2/c1-11(25-26-19(30)15-8-9-16(33-15)20(31)27-28(2)3)14-10-32-18(17(14)29)12-4-6-13(7-5-12)21(22,23)24/h4-10,29H,1-3H3,(H,26,30)(H,27,31)/b25-11+. The van der Waals surface area contributed by atoms with Crippen molar-refractivity contribution in [2.24, 2.45) is 5.10 Å². The number of nitrogens with one attached hydrogen (secondary N) is 2. The molecule has 0 radical (unpaired) electrons. The van der Waals surface area contributed by atoms with Crippen LogP contribution in [-0.4, -0.2) is 41.7 Å². The summed E-state index contributed by atoms with van der Waals surface area (Å²) < 4.78 is 38.3. The van der Waals surface area contributed by atoms with E-state index >= 15 is 0 Å². The lowest BCUT2D eigenvalue weighted by Crippen LogP contribution is -2.35. The quantitative estimate of drug-likeness (QED) is 0.345. The summed E-state index contributed by atoms with van der Waals surface area (Å²) in [6.45, 7) is 1.57. The van der Waals surface area contributed by atoms with Gasteiger partial charge in [-0.25, -0.2) is 10.4 Å². The molecule has 0 saturated carbocycles. The number of carbonyl (C=O) groups excluding carboxylic acids is 2. The van der Waals surface area contributed by atoms with Gasteiger partial charge in [0.2, 0.25) is 0 Å². The fraction of sp³-hybridized carbons (Fsp3) is 0.190. The molecule has 0 spiro atoms. The number of hydrogen-bond donors (Lipinski definition) is 3. The zero-order chi connectivity index (χ0) is 24.3. The third kappa shape index (κ3) is 5.78. The van der Waals surface area contributed by atoms with Crippen molar-refractivity contribution in [1.82, 2.24) is 15.9 Å². The van der Waals surface area contributed by atoms with Crippen LogP contribution in [0, 0.1) is 0 Å². The fourth-order valence-corrected chi connectivity index (χ4v) is 4.51. The van der Waals surface area contributed by atoms with Crippen LogP contribution in [-0.2, 0) is 6.18 Å². The van der Waals surface area contributed by atoms with E-state index < -0.39 is 17.6 Å². The normalized spacial score (nSPS) is 12.2. The van der Waals surface area contributed by atoms with Crippen LogP contribution < -0.4 is 10.9 Å². The number of hydrazone groups is 1. The fourth-order valence-electron chi connectivity index (χ4n) is 2.71. The molecule has 1 aromatic carbocycles. The van der Waals surface area contributed by atoms with Crippen LogP contribution in [0.15, 0.2) is 46.9 Å². The summed E-state index contributed by atoms with van der Waals surface area (Å²) in [5, 5.41) is 17.6. The Hall–Kier alpha value is -3.22. The van der Waals surface area contributed by atoms with E-state index in [1.165, 1.54) is 29.3 Å². The number of thiophene rings is 2. The van der Waals surface area contributed by atoms with Crippen molar-refractivity contribution in [2.45, 2.75) is 13.1 Å². The molecule has 0 saturated heterocycles. The molecule has 0 aliphatic rings. The molecule has 0 aliphatic heterocycles. The van der Waals surface area contributed by atoms with Crippen LogP contribution in [0.2, 0.25) is 0 Å². The maximum Gasteiger partial charge on any atom is 0.416 e. The maximum atomic E-state index is 12.8. The van der Waals surface area contributed by atoms with Gasteiger partial charge in [0.25, 0.3) is 11.8 Å². The summed E-state index contributed by atoms with van der Waals surface area (Å²) >= 11 is 2.14. The number of alkyl halides is 3. The first-order chi connectivity index (χ1) is 15.5. The van der Waals surface area contributed by atoms with Crippen molar-refractivity contribution in [3.8, 4) is 16.2 Å². The Balaban J connectivity index is 1.72. The Kier molecular flexibility index (Phi) is 7.20. The number of hydrogen-bond acceptors (Lipinski definition) is 7. The largest absolute Gasteiger partial charge is 0.506 e. The van der Waals surface area contributed by atoms with Gasteiger partial charge in [-0.15, -0.1) is 22.7 Å². The van der Waals surface area contributed by atoms with Gasteiger partial charge in [0.15, 0.2) is 0 Å². The second-order valence-electron chi connectivity index (χ2n) is 7.04. The monoisotopic (exact) mass is 496 g/mol. The van der Waals surface area contributed by atoms with Crippen LogP contribution in [0.4, 0.5) is 13.2 Å². The Bertz CT molecular complexity index is 1200. The summed E-state index contributed by atoms with van der Waals surface area (Å²) in [4.78, 5) is 25.4. The molecule has 2 amide bonds. The summed E-state index contributed by atoms with van der Waals surface area (Å²) in [7, 11) is 3.33. The number of rotatable bonds is 6. The SMILES string of the molecule is C/C(=N\NC(=O)c1ccc(C(=O)NN(C)C)s1)c1csc(-c2ccc(C(F)(F)F)cc2)c1O. The van der Waals surface area contributed by atoms with Gasteiger partial charge in [-0.05, 0) is 36.8 Å². The number of amides is 2. The topological polar surface area (TPSA) is 94.0 Å².